The molecule has 2 aromatic carbocycles. The van der Waals surface area contributed by atoms with Gasteiger partial charge in [-0.05, 0) is 36.4 Å². The van der Waals surface area contributed by atoms with Gasteiger partial charge in [-0.1, -0.05) is 0 Å². The maximum Gasteiger partial charge on any atom is 0.430 e. The first-order valence-corrected chi connectivity index (χ1v) is 10.7. The van der Waals surface area contributed by atoms with E-state index < -0.39 is 88.0 Å². The lowest BCUT2D eigenvalue weighted by atomic mass is 10.0. The number of ether oxygens (including phenoxy) is 2. The predicted molar refractivity (Wildman–Crippen MR) is 110 cm³/mol. The molecule has 0 spiro atoms. The van der Waals surface area contributed by atoms with Crippen molar-refractivity contribution < 1.29 is 98.7 Å². The maximum absolute atomic E-state index is 14.1. The molecule has 2 rings (SSSR count). The van der Waals surface area contributed by atoms with Crippen molar-refractivity contribution in [2.75, 3.05) is 11.5 Å². The molecule has 6 nitrogen and oxygen atoms in total. The number of halogens is 18. The van der Waals surface area contributed by atoms with E-state index in [4.69, 9.17) is 21.7 Å². The minimum atomic E-state index is -8.63. The topological polar surface area (TPSA) is 111 Å². The van der Waals surface area contributed by atoms with Crippen LogP contribution >= 0.6 is 0 Å². The number of nitrogen functional groups attached to an aromatic ring is 2. The molecule has 0 aliphatic rings. The molecule has 0 atom stereocenters. The smallest absolute Gasteiger partial charge is 0.430 e. The van der Waals surface area contributed by atoms with Gasteiger partial charge in [0, 0.05) is 11.1 Å². The summed E-state index contributed by atoms with van der Waals surface area (Å²) in [4.78, 5) is 0. The third-order valence-electron chi connectivity index (χ3n) is 5.54. The van der Waals surface area contributed by atoms with E-state index in [1.807, 2.05) is 0 Å². The van der Waals surface area contributed by atoms with E-state index in [-0.39, 0.29) is 36.4 Å². The van der Waals surface area contributed by atoms with E-state index >= 15 is 0 Å². The quantitative estimate of drug-likeness (QED) is 0.104. The van der Waals surface area contributed by atoms with Crippen LogP contribution in [-0.2, 0) is 21.3 Å². The zero-order valence-electron chi connectivity index (χ0n) is 20.6. The molecule has 0 aliphatic heterocycles. The summed E-state index contributed by atoms with van der Waals surface area (Å²) in [5, 5.41) is 18.2. The number of hydrogen-bond acceptors (Lipinski definition) is 6. The molecule has 0 saturated heterocycles. The van der Waals surface area contributed by atoms with Gasteiger partial charge in [-0.15, -0.1) is 0 Å². The van der Waals surface area contributed by atoms with Crippen molar-refractivity contribution in [1.29, 1.82) is 0 Å². The standard InChI is InChI=1S/C21H12F18N2O4/c22-13(23,7-1-3-11(42)9(40)5-7)18(32,33)44-20(36,37)16(28,29)15(26,27)17(30,31)21(38,39)45-19(34,35)14(24,25)8-2-4-12(43)10(41)6-8/h1-6,42-43H,40-41H2. The number of nitrogens with two attached hydrogens (primary N) is 2. The Morgan fingerprint density at radius 3 is 0.933 bits per heavy atom. The molecular weight excluding hydrogens is 686 g/mol. The normalized spacial score (nSPS) is 15.0. The van der Waals surface area contributed by atoms with Crippen LogP contribution in [0.3, 0.4) is 0 Å². The van der Waals surface area contributed by atoms with Gasteiger partial charge in [-0.25, -0.2) is 9.47 Å². The largest absolute Gasteiger partial charge is 0.506 e. The molecule has 0 amide bonds. The summed E-state index contributed by atoms with van der Waals surface area (Å²) < 4.78 is 255. The Morgan fingerprint density at radius 2 is 0.689 bits per heavy atom. The number of phenols is 2. The van der Waals surface area contributed by atoms with Crippen LogP contribution in [-0.4, -0.2) is 52.4 Å². The Balaban J connectivity index is 2.50. The molecule has 0 unspecified atom stereocenters. The minimum absolute atomic E-state index is 0.0914. The third-order valence-corrected chi connectivity index (χ3v) is 5.54. The SMILES string of the molecule is Nc1cc(C(F)(F)C(F)(F)OC(F)(F)C(F)(F)C(F)(F)C(F)(F)C(F)(F)OC(F)(F)C(F)(F)c2ccc(O)c(N)c2)ccc1O. The number of phenolic OH excluding ortho intramolecular Hbond substituents is 2. The number of benzene rings is 2. The highest BCUT2D eigenvalue weighted by Gasteiger charge is 2.90. The van der Waals surface area contributed by atoms with Gasteiger partial charge in [0.15, 0.2) is 0 Å². The Labute approximate surface area is 235 Å². The van der Waals surface area contributed by atoms with Crippen LogP contribution in [0.25, 0.3) is 0 Å². The second kappa shape index (κ2) is 10.7. The summed E-state index contributed by atoms with van der Waals surface area (Å²) in [5.74, 6) is -40.5. The van der Waals surface area contributed by atoms with Gasteiger partial charge in [0.1, 0.15) is 11.5 Å². The first-order chi connectivity index (χ1) is 19.7. The monoisotopic (exact) mass is 698 g/mol. The summed E-state index contributed by atoms with van der Waals surface area (Å²) in [5.41, 5.74) is 2.86. The molecular formula is C21H12F18N2O4. The number of rotatable bonds is 12. The molecule has 0 aliphatic carbocycles. The first-order valence-electron chi connectivity index (χ1n) is 10.7. The molecule has 45 heavy (non-hydrogen) atoms. The second-order valence-corrected chi connectivity index (χ2v) is 8.69. The maximum atomic E-state index is 14.1. The fraction of sp³-hybridized carbons (Fsp3) is 0.429. The minimum Gasteiger partial charge on any atom is -0.506 e. The first kappa shape index (κ1) is 37.5. The lowest BCUT2D eigenvalue weighted by Gasteiger charge is -2.40. The van der Waals surface area contributed by atoms with Crippen molar-refractivity contribution in [2.24, 2.45) is 0 Å². The summed E-state index contributed by atoms with van der Waals surface area (Å²) in [7, 11) is 0. The lowest BCUT2D eigenvalue weighted by Crippen LogP contribution is -2.70. The van der Waals surface area contributed by atoms with Gasteiger partial charge in [-0.2, -0.15) is 79.0 Å². The molecule has 24 heteroatoms. The van der Waals surface area contributed by atoms with Gasteiger partial charge >= 0.3 is 54.0 Å². The van der Waals surface area contributed by atoms with Gasteiger partial charge in [0.25, 0.3) is 0 Å². The zero-order valence-corrected chi connectivity index (χ0v) is 20.6. The zero-order chi connectivity index (χ0) is 35.6. The van der Waals surface area contributed by atoms with E-state index in [9.17, 15) is 79.0 Å². The van der Waals surface area contributed by atoms with Gasteiger partial charge in [0.2, 0.25) is 0 Å². The highest BCUT2D eigenvalue weighted by atomic mass is 19.4. The van der Waals surface area contributed by atoms with E-state index in [2.05, 4.69) is 0 Å². The van der Waals surface area contributed by atoms with Crippen molar-refractivity contribution in [3.8, 4) is 11.5 Å². The molecule has 0 bridgehead atoms. The average molecular weight is 698 g/mol. The van der Waals surface area contributed by atoms with Crippen molar-refractivity contribution in [3.05, 3.63) is 47.5 Å². The lowest BCUT2D eigenvalue weighted by molar-refractivity contribution is -0.528. The Hall–Kier alpha value is -3.70. The van der Waals surface area contributed by atoms with Crippen molar-refractivity contribution in [1.82, 2.24) is 0 Å². The van der Waals surface area contributed by atoms with Gasteiger partial charge in [0.05, 0.1) is 11.4 Å². The number of hydrogen-bond donors (Lipinski definition) is 4. The summed E-state index contributed by atoms with van der Waals surface area (Å²) in [6.07, 6.45) is -30.4. The van der Waals surface area contributed by atoms with Crippen LogP contribution < -0.4 is 11.5 Å². The van der Waals surface area contributed by atoms with Crippen LogP contribution in [0.15, 0.2) is 36.4 Å². The molecule has 6 N–H and O–H groups in total. The highest BCUT2D eigenvalue weighted by molar-refractivity contribution is 5.55. The average Bonchev–Trinajstić information content (AvgIpc) is 2.85. The second-order valence-electron chi connectivity index (χ2n) is 8.69. The highest BCUT2D eigenvalue weighted by Crippen LogP contribution is 2.61. The van der Waals surface area contributed by atoms with Gasteiger partial charge < -0.3 is 21.7 Å². The molecule has 0 heterocycles. The third kappa shape index (κ3) is 5.88. The van der Waals surface area contributed by atoms with E-state index in [0.29, 0.717) is 0 Å². The van der Waals surface area contributed by atoms with Gasteiger partial charge in [-0.3, -0.25) is 0 Å². The van der Waals surface area contributed by atoms with Crippen molar-refractivity contribution in [2.45, 2.75) is 54.0 Å². The van der Waals surface area contributed by atoms with Crippen molar-refractivity contribution in [3.63, 3.8) is 0 Å². The van der Waals surface area contributed by atoms with Crippen LogP contribution in [0.1, 0.15) is 11.1 Å². The number of anilines is 2. The van der Waals surface area contributed by atoms with E-state index in [1.54, 1.807) is 9.47 Å². The fourth-order valence-electron chi connectivity index (χ4n) is 2.98. The number of alkyl halides is 18. The van der Waals surface area contributed by atoms with E-state index in [1.165, 1.54) is 0 Å². The molecule has 0 saturated carbocycles. The molecule has 2 aromatic rings. The Morgan fingerprint density at radius 1 is 0.422 bits per heavy atom. The summed E-state index contributed by atoms with van der Waals surface area (Å²) >= 11 is 0. The predicted octanol–water partition coefficient (Wildman–Crippen LogP) is 7.46. The molecule has 0 fully saturated rings. The van der Waals surface area contributed by atoms with Crippen LogP contribution in [0.5, 0.6) is 11.5 Å². The summed E-state index contributed by atoms with van der Waals surface area (Å²) in [6.45, 7) is 0. The Kier molecular flexibility index (Phi) is 8.91. The van der Waals surface area contributed by atoms with Crippen LogP contribution in [0.2, 0.25) is 0 Å². The van der Waals surface area contributed by atoms with Crippen LogP contribution in [0, 0.1) is 0 Å². The van der Waals surface area contributed by atoms with Crippen molar-refractivity contribution >= 4 is 11.4 Å². The fourth-order valence-corrected chi connectivity index (χ4v) is 2.98. The Bertz CT molecular complexity index is 1310. The molecule has 256 valence electrons. The molecule has 0 aromatic heterocycles. The molecule has 0 radical (unpaired) electrons. The van der Waals surface area contributed by atoms with E-state index in [0.717, 1.165) is 0 Å². The van der Waals surface area contributed by atoms with Crippen LogP contribution in [0.4, 0.5) is 90.4 Å². The number of aromatic hydroxyl groups is 2. The summed E-state index contributed by atoms with van der Waals surface area (Å²) in [6, 6.07) is -0.912.